The third kappa shape index (κ3) is 1.82. The lowest BCUT2D eigenvalue weighted by Crippen LogP contribution is -2.64. The number of ether oxygens (including phenoxy) is 1. The first-order valence-electron chi connectivity index (χ1n) is 6.01. The first kappa shape index (κ1) is 10.4. The van der Waals surface area contributed by atoms with Crippen LogP contribution in [0.5, 0.6) is 0 Å². The molecule has 0 aromatic heterocycles. The van der Waals surface area contributed by atoms with Crippen LogP contribution in [-0.2, 0) is 4.74 Å². The van der Waals surface area contributed by atoms with Gasteiger partial charge in [0.1, 0.15) is 0 Å². The summed E-state index contributed by atoms with van der Waals surface area (Å²) in [6.45, 7) is 6.83. The molecule has 0 bridgehead atoms. The summed E-state index contributed by atoms with van der Waals surface area (Å²) in [5, 5.41) is 0. The highest BCUT2D eigenvalue weighted by Crippen LogP contribution is 2.39. The van der Waals surface area contributed by atoms with Crippen LogP contribution in [-0.4, -0.2) is 36.7 Å². The molecule has 1 spiro atoms. The molecule has 2 nitrogen and oxygen atoms in total. The van der Waals surface area contributed by atoms with Crippen LogP contribution in [0, 0.1) is 5.92 Å². The summed E-state index contributed by atoms with van der Waals surface area (Å²) >= 11 is 0. The average molecular weight is 197 g/mol. The summed E-state index contributed by atoms with van der Waals surface area (Å²) in [5.74, 6) is 0.816. The maximum atomic E-state index is 6.20. The third-order valence-corrected chi connectivity index (χ3v) is 3.85. The van der Waals surface area contributed by atoms with Crippen molar-refractivity contribution in [3.05, 3.63) is 0 Å². The van der Waals surface area contributed by atoms with E-state index in [4.69, 9.17) is 4.74 Å². The Hall–Kier alpha value is -0.0800. The average Bonchev–Trinajstić information content (AvgIpc) is 2.08. The molecule has 0 aromatic rings. The van der Waals surface area contributed by atoms with Crippen molar-refractivity contribution in [3.8, 4) is 0 Å². The Morgan fingerprint density at radius 3 is 2.64 bits per heavy atom. The lowest BCUT2D eigenvalue weighted by Gasteiger charge is -2.53. The number of hydrogen-bond donors (Lipinski definition) is 0. The van der Waals surface area contributed by atoms with E-state index in [-0.39, 0.29) is 5.60 Å². The van der Waals surface area contributed by atoms with Gasteiger partial charge in [0.05, 0.1) is 11.7 Å². The molecule has 0 aliphatic carbocycles. The van der Waals surface area contributed by atoms with Crippen molar-refractivity contribution in [1.29, 1.82) is 0 Å². The van der Waals surface area contributed by atoms with Crippen molar-refractivity contribution in [2.45, 2.75) is 51.2 Å². The van der Waals surface area contributed by atoms with Crippen molar-refractivity contribution >= 4 is 0 Å². The van der Waals surface area contributed by atoms with E-state index in [1.165, 1.54) is 25.7 Å². The largest absolute Gasteiger partial charge is 0.369 e. The van der Waals surface area contributed by atoms with Crippen molar-refractivity contribution in [3.63, 3.8) is 0 Å². The van der Waals surface area contributed by atoms with Gasteiger partial charge in [0.15, 0.2) is 0 Å². The van der Waals surface area contributed by atoms with E-state index in [1.807, 2.05) is 0 Å². The Morgan fingerprint density at radius 2 is 2.14 bits per heavy atom. The first-order valence-corrected chi connectivity index (χ1v) is 6.01. The summed E-state index contributed by atoms with van der Waals surface area (Å²) in [5.41, 5.74) is 0.248. The van der Waals surface area contributed by atoms with Crippen LogP contribution in [0.15, 0.2) is 0 Å². The summed E-state index contributed by atoms with van der Waals surface area (Å²) in [6, 6.07) is 0. The number of nitrogens with zero attached hydrogens (tertiary/aromatic N) is 1. The second-order valence-electron chi connectivity index (χ2n) is 5.27. The van der Waals surface area contributed by atoms with Crippen molar-refractivity contribution in [1.82, 2.24) is 4.90 Å². The van der Waals surface area contributed by atoms with E-state index in [1.54, 1.807) is 0 Å². The Balaban J connectivity index is 1.87. The molecule has 2 saturated heterocycles. The smallest absolute Gasteiger partial charge is 0.0938 e. The fourth-order valence-electron chi connectivity index (χ4n) is 3.15. The highest BCUT2D eigenvalue weighted by molar-refractivity contribution is 4.99. The van der Waals surface area contributed by atoms with Crippen molar-refractivity contribution < 1.29 is 4.74 Å². The zero-order valence-electron chi connectivity index (χ0n) is 9.75. The fraction of sp³-hybridized carbons (Fsp3) is 1.00. The third-order valence-electron chi connectivity index (χ3n) is 3.85. The molecule has 2 fully saturated rings. The molecule has 0 amide bonds. The lowest BCUT2D eigenvalue weighted by atomic mass is 9.79. The van der Waals surface area contributed by atoms with Gasteiger partial charge < -0.3 is 9.64 Å². The molecule has 14 heavy (non-hydrogen) atoms. The van der Waals surface area contributed by atoms with Gasteiger partial charge in [-0.3, -0.25) is 0 Å². The van der Waals surface area contributed by atoms with Crippen molar-refractivity contribution in [2.24, 2.45) is 5.92 Å². The fourth-order valence-corrected chi connectivity index (χ4v) is 3.15. The first-order chi connectivity index (χ1) is 6.65. The minimum Gasteiger partial charge on any atom is -0.369 e. The van der Waals surface area contributed by atoms with E-state index < -0.39 is 0 Å². The van der Waals surface area contributed by atoms with Gasteiger partial charge in [0.25, 0.3) is 0 Å². The highest BCUT2D eigenvalue weighted by atomic mass is 16.5. The lowest BCUT2D eigenvalue weighted by molar-refractivity contribution is -0.205. The predicted octanol–water partition coefficient (Wildman–Crippen LogP) is 2.29. The van der Waals surface area contributed by atoms with Crippen LogP contribution in [0.1, 0.15) is 39.5 Å². The molecule has 2 aliphatic rings. The Labute approximate surface area is 87.6 Å². The highest BCUT2D eigenvalue weighted by Gasteiger charge is 2.46. The molecule has 0 radical (unpaired) electrons. The minimum absolute atomic E-state index is 0.248. The minimum atomic E-state index is 0.248. The van der Waals surface area contributed by atoms with Crippen molar-refractivity contribution in [2.75, 3.05) is 20.1 Å². The number of rotatable bonds is 2. The second kappa shape index (κ2) is 3.82. The summed E-state index contributed by atoms with van der Waals surface area (Å²) in [4.78, 5) is 2.35. The normalized spacial score (nSPS) is 37.1. The van der Waals surface area contributed by atoms with E-state index >= 15 is 0 Å². The summed E-state index contributed by atoms with van der Waals surface area (Å²) in [7, 11) is 2.18. The van der Waals surface area contributed by atoms with Crippen LogP contribution >= 0.6 is 0 Å². The van der Waals surface area contributed by atoms with Gasteiger partial charge in [-0.25, -0.2) is 0 Å². The zero-order chi connectivity index (χ0) is 10.2. The summed E-state index contributed by atoms with van der Waals surface area (Å²) < 4.78 is 6.20. The number of hydrogen-bond acceptors (Lipinski definition) is 2. The molecular weight excluding hydrogens is 174 g/mol. The molecule has 0 saturated carbocycles. The quantitative estimate of drug-likeness (QED) is 0.673. The van der Waals surface area contributed by atoms with E-state index in [0.717, 1.165) is 19.0 Å². The van der Waals surface area contributed by atoms with Crippen LogP contribution in [0.2, 0.25) is 0 Å². The second-order valence-corrected chi connectivity index (χ2v) is 5.27. The zero-order valence-corrected chi connectivity index (χ0v) is 9.75. The van der Waals surface area contributed by atoms with E-state index in [2.05, 4.69) is 25.8 Å². The SMILES string of the molecule is CCCC1CCC2(CN(C)C2)OC1C. The molecule has 82 valence electrons. The molecule has 2 heteroatoms. The predicted molar refractivity (Wildman–Crippen MR) is 58.4 cm³/mol. The molecular formula is C12H23NO. The van der Waals surface area contributed by atoms with Crippen LogP contribution in [0.25, 0.3) is 0 Å². The van der Waals surface area contributed by atoms with Gasteiger partial charge >= 0.3 is 0 Å². The molecule has 2 aliphatic heterocycles. The molecule has 2 atom stereocenters. The maximum Gasteiger partial charge on any atom is 0.0938 e. The van der Waals surface area contributed by atoms with E-state index in [9.17, 15) is 0 Å². The Bertz CT molecular complexity index is 198. The van der Waals surface area contributed by atoms with Crippen LogP contribution in [0.3, 0.4) is 0 Å². The van der Waals surface area contributed by atoms with Gasteiger partial charge in [-0.05, 0) is 39.2 Å². The van der Waals surface area contributed by atoms with Crippen LogP contribution < -0.4 is 0 Å². The number of likely N-dealkylation sites (N-methyl/N-ethyl adjacent to an activating group) is 1. The Kier molecular flexibility index (Phi) is 2.85. The molecule has 2 heterocycles. The molecule has 0 N–H and O–H groups in total. The van der Waals surface area contributed by atoms with Gasteiger partial charge in [0, 0.05) is 13.1 Å². The van der Waals surface area contributed by atoms with Gasteiger partial charge in [-0.15, -0.1) is 0 Å². The van der Waals surface area contributed by atoms with Gasteiger partial charge in [-0.1, -0.05) is 13.3 Å². The van der Waals surface area contributed by atoms with Gasteiger partial charge in [0.2, 0.25) is 0 Å². The maximum absolute atomic E-state index is 6.20. The molecule has 2 rings (SSSR count). The molecule has 2 unspecified atom stereocenters. The van der Waals surface area contributed by atoms with Crippen LogP contribution in [0.4, 0.5) is 0 Å². The van der Waals surface area contributed by atoms with Gasteiger partial charge in [-0.2, -0.15) is 0 Å². The summed E-state index contributed by atoms with van der Waals surface area (Å²) in [6.07, 6.45) is 5.78. The molecule has 0 aromatic carbocycles. The van der Waals surface area contributed by atoms with E-state index in [0.29, 0.717) is 6.10 Å². The number of likely N-dealkylation sites (tertiary alicyclic amines) is 1. The topological polar surface area (TPSA) is 12.5 Å². The standard InChI is InChI=1S/C12H23NO/c1-4-5-11-6-7-12(14-10(11)2)8-13(3)9-12/h10-11H,4-9H2,1-3H3. The monoisotopic (exact) mass is 197 g/mol. The Morgan fingerprint density at radius 1 is 1.43 bits per heavy atom.